The molecule has 3 heteroatoms. The lowest BCUT2D eigenvalue weighted by atomic mass is 10.1. The second-order valence-corrected chi connectivity index (χ2v) is 2.66. The normalized spacial score (nSPS) is 11.8. The third kappa shape index (κ3) is 5.65. The molecule has 0 saturated heterocycles. The van der Waals surface area contributed by atoms with Gasteiger partial charge in [0, 0.05) is 19.8 Å². The van der Waals surface area contributed by atoms with E-state index < -0.39 is 0 Å². The van der Waals surface area contributed by atoms with Crippen LogP contribution in [0.15, 0.2) is 12.7 Å². The zero-order valence-electron chi connectivity index (χ0n) is 7.50. The summed E-state index contributed by atoms with van der Waals surface area (Å²) in [5.74, 6) is -0.341. The van der Waals surface area contributed by atoms with Crippen molar-refractivity contribution in [1.82, 2.24) is 0 Å². The first-order valence-electron chi connectivity index (χ1n) is 3.83. The minimum atomic E-state index is -0.358. The van der Waals surface area contributed by atoms with Crippen molar-refractivity contribution in [2.45, 2.75) is 32.8 Å². The molecule has 0 heterocycles. The van der Waals surface area contributed by atoms with E-state index >= 15 is 0 Å². The molecule has 0 radical (unpaired) electrons. The lowest BCUT2D eigenvalue weighted by molar-refractivity contribution is -0.147. The standard InChI is InChI=1S/C9H14O3/c1-4-5-9(6-7(2)10)12-8(3)11/h4,9H,1,5-6H2,2-3H3/t9-/m1/s1. The molecule has 0 aromatic rings. The van der Waals surface area contributed by atoms with Crippen LogP contribution in [0.4, 0.5) is 0 Å². The average molecular weight is 170 g/mol. The molecule has 0 fully saturated rings. The summed E-state index contributed by atoms with van der Waals surface area (Å²) in [7, 11) is 0. The molecule has 0 N–H and O–H groups in total. The maximum atomic E-state index is 10.7. The zero-order chi connectivity index (χ0) is 9.56. The summed E-state index contributed by atoms with van der Waals surface area (Å²) in [5.41, 5.74) is 0. The molecule has 0 amide bonds. The van der Waals surface area contributed by atoms with Gasteiger partial charge in [0.25, 0.3) is 0 Å². The van der Waals surface area contributed by atoms with Gasteiger partial charge in [-0.3, -0.25) is 9.59 Å². The highest BCUT2D eigenvalue weighted by Gasteiger charge is 2.11. The number of ketones is 1. The Hall–Kier alpha value is -1.12. The Morgan fingerprint density at radius 3 is 2.42 bits per heavy atom. The summed E-state index contributed by atoms with van der Waals surface area (Å²) in [4.78, 5) is 21.2. The minimum absolute atomic E-state index is 0.0168. The molecule has 0 aliphatic carbocycles. The summed E-state index contributed by atoms with van der Waals surface area (Å²) in [6.07, 6.45) is 2.10. The first-order chi connectivity index (χ1) is 5.56. The summed E-state index contributed by atoms with van der Waals surface area (Å²) >= 11 is 0. The van der Waals surface area contributed by atoms with Gasteiger partial charge in [-0.1, -0.05) is 6.08 Å². The highest BCUT2D eigenvalue weighted by atomic mass is 16.5. The van der Waals surface area contributed by atoms with Crippen LogP contribution in [-0.4, -0.2) is 17.9 Å². The summed E-state index contributed by atoms with van der Waals surface area (Å²) in [6.45, 7) is 6.31. The van der Waals surface area contributed by atoms with E-state index in [2.05, 4.69) is 6.58 Å². The Morgan fingerprint density at radius 1 is 1.50 bits per heavy atom. The third-order valence-corrected chi connectivity index (χ3v) is 1.28. The van der Waals surface area contributed by atoms with E-state index in [9.17, 15) is 9.59 Å². The fourth-order valence-corrected chi connectivity index (χ4v) is 0.914. The number of hydrogen-bond donors (Lipinski definition) is 0. The largest absolute Gasteiger partial charge is 0.462 e. The number of hydrogen-bond acceptors (Lipinski definition) is 3. The highest BCUT2D eigenvalue weighted by Crippen LogP contribution is 2.05. The van der Waals surface area contributed by atoms with Crippen LogP contribution < -0.4 is 0 Å². The first-order valence-corrected chi connectivity index (χ1v) is 3.83. The van der Waals surface area contributed by atoms with E-state index in [1.54, 1.807) is 6.08 Å². The van der Waals surface area contributed by atoms with Crippen molar-refractivity contribution >= 4 is 11.8 Å². The van der Waals surface area contributed by atoms with Crippen LogP contribution in [0, 0.1) is 0 Å². The lowest BCUT2D eigenvalue weighted by Crippen LogP contribution is -2.18. The molecule has 0 bridgehead atoms. The molecule has 0 aliphatic heterocycles. The molecule has 0 spiro atoms. The second-order valence-electron chi connectivity index (χ2n) is 2.66. The Morgan fingerprint density at radius 2 is 2.08 bits per heavy atom. The Kier molecular flexibility index (Phi) is 5.00. The zero-order valence-corrected chi connectivity index (χ0v) is 7.50. The number of carbonyl (C=O) groups is 2. The van der Waals surface area contributed by atoms with Crippen molar-refractivity contribution in [3.05, 3.63) is 12.7 Å². The van der Waals surface area contributed by atoms with E-state index in [-0.39, 0.29) is 24.3 Å². The van der Waals surface area contributed by atoms with Gasteiger partial charge in [0.05, 0.1) is 0 Å². The minimum Gasteiger partial charge on any atom is -0.462 e. The van der Waals surface area contributed by atoms with Crippen LogP contribution >= 0.6 is 0 Å². The maximum Gasteiger partial charge on any atom is 0.302 e. The fourth-order valence-electron chi connectivity index (χ4n) is 0.914. The van der Waals surface area contributed by atoms with Gasteiger partial charge in [0.15, 0.2) is 0 Å². The van der Waals surface area contributed by atoms with Gasteiger partial charge in [-0.2, -0.15) is 0 Å². The molecule has 0 rings (SSSR count). The smallest absolute Gasteiger partial charge is 0.302 e. The molecule has 0 unspecified atom stereocenters. The molecule has 0 aromatic carbocycles. The molecule has 68 valence electrons. The van der Waals surface area contributed by atoms with E-state index in [1.165, 1.54) is 13.8 Å². The topological polar surface area (TPSA) is 43.4 Å². The van der Waals surface area contributed by atoms with Crippen molar-refractivity contribution < 1.29 is 14.3 Å². The molecule has 3 nitrogen and oxygen atoms in total. The average Bonchev–Trinajstić information content (AvgIpc) is 1.84. The lowest BCUT2D eigenvalue weighted by Gasteiger charge is -2.12. The summed E-state index contributed by atoms with van der Waals surface area (Å²) < 4.78 is 4.87. The van der Waals surface area contributed by atoms with E-state index in [4.69, 9.17) is 4.74 Å². The molecular weight excluding hydrogens is 156 g/mol. The predicted molar refractivity (Wildman–Crippen MR) is 45.7 cm³/mol. The third-order valence-electron chi connectivity index (χ3n) is 1.28. The van der Waals surface area contributed by atoms with Crippen LogP contribution in [0.25, 0.3) is 0 Å². The summed E-state index contributed by atoms with van der Waals surface area (Å²) in [5, 5.41) is 0. The fraction of sp³-hybridized carbons (Fsp3) is 0.556. The van der Waals surface area contributed by atoms with E-state index in [0.29, 0.717) is 6.42 Å². The van der Waals surface area contributed by atoms with Crippen molar-refractivity contribution in [2.24, 2.45) is 0 Å². The molecule has 0 aliphatic rings. The van der Waals surface area contributed by atoms with Crippen LogP contribution in [0.2, 0.25) is 0 Å². The van der Waals surface area contributed by atoms with E-state index in [0.717, 1.165) is 0 Å². The molecular formula is C9H14O3. The molecule has 0 aromatic heterocycles. The number of esters is 1. The van der Waals surface area contributed by atoms with Crippen LogP contribution in [-0.2, 0) is 14.3 Å². The van der Waals surface area contributed by atoms with Crippen LogP contribution in [0.1, 0.15) is 26.7 Å². The van der Waals surface area contributed by atoms with Gasteiger partial charge >= 0.3 is 5.97 Å². The second kappa shape index (κ2) is 5.52. The molecule has 0 saturated carbocycles. The quantitative estimate of drug-likeness (QED) is 0.463. The number of carbonyl (C=O) groups excluding carboxylic acids is 2. The van der Waals surface area contributed by atoms with Gasteiger partial charge in [-0.25, -0.2) is 0 Å². The van der Waals surface area contributed by atoms with Crippen molar-refractivity contribution in [1.29, 1.82) is 0 Å². The van der Waals surface area contributed by atoms with E-state index in [1.807, 2.05) is 0 Å². The summed E-state index contributed by atoms with van der Waals surface area (Å²) in [6, 6.07) is 0. The molecule has 1 atom stereocenters. The number of Topliss-reactive ketones (excluding diaryl/α,β-unsaturated/α-hetero) is 1. The van der Waals surface area contributed by atoms with Gasteiger partial charge in [-0.15, -0.1) is 6.58 Å². The maximum absolute atomic E-state index is 10.7. The van der Waals surface area contributed by atoms with Crippen molar-refractivity contribution in [3.63, 3.8) is 0 Å². The van der Waals surface area contributed by atoms with Crippen LogP contribution in [0.3, 0.4) is 0 Å². The Labute approximate surface area is 72.4 Å². The SMILES string of the molecule is C=CC[C@H](CC(C)=O)OC(C)=O. The van der Waals surface area contributed by atoms with Gasteiger partial charge < -0.3 is 4.74 Å². The Balaban J connectivity index is 3.93. The van der Waals surface area contributed by atoms with Gasteiger partial charge in [-0.05, 0) is 6.92 Å². The highest BCUT2D eigenvalue weighted by molar-refractivity contribution is 5.76. The van der Waals surface area contributed by atoms with Gasteiger partial charge in [0.1, 0.15) is 11.9 Å². The monoisotopic (exact) mass is 170 g/mol. The van der Waals surface area contributed by atoms with Crippen molar-refractivity contribution in [3.8, 4) is 0 Å². The van der Waals surface area contributed by atoms with Crippen LogP contribution in [0.5, 0.6) is 0 Å². The Bertz CT molecular complexity index is 168. The first kappa shape index (κ1) is 10.9. The van der Waals surface area contributed by atoms with Gasteiger partial charge in [0.2, 0.25) is 0 Å². The predicted octanol–water partition coefficient (Wildman–Crippen LogP) is 1.47. The van der Waals surface area contributed by atoms with Crippen molar-refractivity contribution in [2.75, 3.05) is 0 Å². The number of rotatable bonds is 5. The number of ether oxygens (including phenoxy) is 1. The molecule has 12 heavy (non-hydrogen) atoms.